The van der Waals surface area contributed by atoms with Crippen LogP contribution in [-0.2, 0) is 19.6 Å². The second-order valence-electron chi connectivity index (χ2n) is 7.72. The van der Waals surface area contributed by atoms with E-state index in [0.29, 0.717) is 12.8 Å². The van der Waals surface area contributed by atoms with E-state index < -0.39 is 51.3 Å². The predicted octanol–water partition coefficient (Wildman–Crippen LogP) is 1.22. The number of nitrogens with one attached hydrogen (secondary N) is 2. The third-order valence-corrected chi connectivity index (χ3v) is 7.19. The van der Waals surface area contributed by atoms with Crippen molar-refractivity contribution in [1.29, 1.82) is 5.26 Å². The molecule has 0 unspecified atom stereocenters. The first-order valence-corrected chi connectivity index (χ1v) is 11.4. The first kappa shape index (κ1) is 24.4. The third-order valence-electron chi connectivity index (χ3n) is 5.28. The van der Waals surface area contributed by atoms with Gasteiger partial charge in [-0.25, -0.2) is 12.8 Å². The number of carbonyl (C=O) groups is 1. The summed E-state index contributed by atoms with van der Waals surface area (Å²) in [5.74, 6) is -2.73. The van der Waals surface area contributed by atoms with Crippen LogP contribution in [-0.4, -0.2) is 68.4 Å². The van der Waals surface area contributed by atoms with Crippen LogP contribution in [0.5, 0.6) is 0 Å². The van der Waals surface area contributed by atoms with Crippen molar-refractivity contribution in [2.24, 2.45) is 0 Å². The summed E-state index contributed by atoms with van der Waals surface area (Å²) < 4.78 is 86.4. The van der Waals surface area contributed by atoms with Gasteiger partial charge in [0.15, 0.2) is 0 Å². The minimum atomic E-state index is -4.91. The van der Waals surface area contributed by atoms with Crippen molar-refractivity contribution in [1.82, 2.24) is 14.9 Å². The number of carbonyl (C=O) groups excluding carboxylic acids is 1. The molecule has 1 aliphatic heterocycles. The molecule has 1 saturated heterocycles. The molecule has 2 fully saturated rings. The molecule has 13 heteroatoms. The van der Waals surface area contributed by atoms with Gasteiger partial charge in [0.2, 0.25) is 15.9 Å². The van der Waals surface area contributed by atoms with Gasteiger partial charge in [0.1, 0.15) is 23.4 Å². The molecule has 1 aliphatic carbocycles. The van der Waals surface area contributed by atoms with Crippen molar-refractivity contribution in [2.75, 3.05) is 32.1 Å². The number of hydrogen-bond acceptors (Lipinski definition) is 6. The molecule has 0 radical (unpaired) electrons. The number of sulfonamides is 1. The van der Waals surface area contributed by atoms with Crippen molar-refractivity contribution >= 4 is 15.9 Å². The number of amides is 1. The average molecular weight is 478 g/mol. The number of rotatable bonds is 8. The minimum absolute atomic E-state index is 0.0134. The highest BCUT2D eigenvalue weighted by Crippen LogP contribution is 2.35. The Morgan fingerprint density at radius 3 is 2.31 bits per heavy atom. The zero-order chi connectivity index (χ0) is 23.6. The van der Waals surface area contributed by atoms with E-state index >= 15 is 0 Å². The summed E-state index contributed by atoms with van der Waals surface area (Å²) in [6, 6.07) is 1.12. The molecule has 1 aromatic carbocycles. The van der Waals surface area contributed by atoms with Crippen LogP contribution in [0.15, 0.2) is 24.3 Å². The van der Waals surface area contributed by atoms with Gasteiger partial charge in [0, 0.05) is 13.1 Å². The maximum atomic E-state index is 13.8. The first-order valence-electron chi connectivity index (χ1n) is 9.83. The van der Waals surface area contributed by atoms with Crippen molar-refractivity contribution in [3.63, 3.8) is 0 Å². The maximum absolute atomic E-state index is 13.8. The molecule has 1 amide bonds. The normalized spacial score (nSPS) is 20.7. The quantitative estimate of drug-likeness (QED) is 0.544. The minimum Gasteiger partial charge on any atom is -0.379 e. The fraction of sp³-hybridized carbons (Fsp3) is 0.579. The number of ether oxygens (including phenoxy) is 1. The lowest BCUT2D eigenvalue weighted by Gasteiger charge is -2.31. The lowest BCUT2D eigenvalue weighted by atomic mass is 10.0. The van der Waals surface area contributed by atoms with Crippen LogP contribution < -0.4 is 10.6 Å². The Hall–Kier alpha value is -2.27. The van der Waals surface area contributed by atoms with Gasteiger partial charge in [-0.1, -0.05) is 12.1 Å². The Morgan fingerprint density at radius 2 is 1.81 bits per heavy atom. The summed E-state index contributed by atoms with van der Waals surface area (Å²) >= 11 is 0. The van der Waals surface area contributed by atoms with Gasteiger partial charge < -0.3 is 10.1 Å². The average Bonchev–Trinajstić information content (AvgIpc) is 3.51. The van der Waals surface area contributed by atoms with E-state index in [1.54, 1.807) is 0 Å². The van der Waals surface area contributed by atoms with Gasteiger partial charge in [0.05, 0.1) is 25.0 Å². The van der Waals surface area contributed by atoms with Gasteiger partial charge in [0.25, 0.3) is 0 Å². The largest absolute Gasteiger partial charge is 0.407 e. The maximum Gasteiger partial charge on any atom is 0.407 e. The topological polar surface area (TPSA) is 112 Å². The third kappa shape index (κ3) is 5.94. The molecule has 2 aliphatic rings. The van der Waals surface area contributed by atoms with Crippen LogP contribution >= 0.6 is 0 Å². The molecule has 0 bridgehead atoms. The van der Waals surface area contributed by atoms with Crippen LogP contribution in [0.1, 0.15) is 24.4 Å². The summed E-state index contributed by atoms with van der Waals surface area (Å²) in [4.78, 5) is 12.8. The Balaban J connectivity index is 1.88. The standard InChI is InChI=1S/C19H22F4N4O4S/c20-14-3-1-13(2-4-14)16(19(21,22)23)25-15(17(28)26-18(12-24)5-6-18)11-32(29,30)27-7-9-31-10-8-27/h1-4,15-16,25H,5-11H2,(H,26,28)/t15-,16-/m0/s1. The Bertz CT molecular complexity index is 969. The van der Waals surface area contributed by atoms with E-state index in [-0.39, 0.29) is 31.9 Å². The SMILES string of the molecule is N#CC1(NC(=O)[C@H](CS(=O)(=O)N2CCOCC2)N[C@@H](c2ccc(F)cc2)C(F)(F)F)CC1. The molecule has 2 N–H and O–H groups in total. The molecule has 1 saturated carbocycles. The van der Waals surface area contributed by atoms with E-state index in [0.717, 1.165) is 28.6 Å². The number of nitriles is 1. The van der Waals surface area contributed by atoms with Crippen LogP contribution in [0.4, 0.5) is 17.6 Å². The summed E-state index contributed by atoms with van der Waals surface area (Å²) in [5.41, 5.74) is -1.59. The second-order valence-corrected chi connectivity index (χ2v) is 9.73. The second kappa shape index (κ2) is 9.30. The zero-order valence-corrected chi connectivity index (χ0v) is 17.7. The molecule has 1 heterocycles. The predicted molar refractivity (Wildman–Crippen MR) is 104 cm³/mol. The molecular formula is C19H22F4N4O4S. The van der Waals surface area contributed by atoms with Crippen LogP contribution in [0.3, 0.4) is 0 Å². The molecular weight excluding hydrogens is 456 g/mol. The van der Waals surface area contributed by atoms with Crippen LogP contribution in [0, 0.1) is 17.1 Å². The highest BCUT2D eigenvalue weighted by atomic mass is 32.2. The Labute approximate surface area is 182 Å². The Morgan fingerprint density at radius 1 is 1.22 bits per heavy atom. The highest BCUT2D eigenvalue weighted by Gasteiger charge is 2.48. The van der Waals surface area contributed by atoms with Crippen LogP contribution in [0.2, 0.25) is 0 Å². The molecule has 0 spiro atoms. The molecule has 0 aromatic heterocycles. The van der Waals surface area contributed by atoms with E-state index in [1.165, 1.54) is 0 Å². The van der Waals surface area contributed by atoms with E-state index in [4.69, 9.17) is 4.74 Å². The number of morpholine rings is 1. The van der Waals surface area contributed by atoms with E-state index in [2.05, 4.69) is 10.6 Å². The molecule has 32 heavy (non-hydrogen) atoms. The number of benzene rings is 1. The Kier molecular flexibility index (Phi) is 7.09. The number of nitrogens with zero attached hydrogens (tertiary/aromatic N) is 2. The molecule has 8 nitrogen and oxygen atoms in total. The van der Waals surface area contributed by atoms with Crippen LogP contribution in [0.25, 0.3) is 0 Å². The number of alkyl halides is 3. The van der Waals surface area contributed by atoms with Gasteiger partial charge >= 0.3 is 6.18 Å². The summed E-state index contributed by atoms with van der Waals surface area (Å²) in [5, 5.41) is 13.7. The van der Waals surface area contributed by atoms with E-state index in [1.807, 2.05) is 6.07 Å². The zero-order valence-electron chi connectivity index (χ0n) is 16.9. The van der Waals surface area contributed by atoms with Crippen molar-refractivity contribution < 1.29 is 35.5 Å². The number of hydrogen-bond donors (Lipinski definition) is 2. The van der Waals surface area contributed by atoms with Gasteiger partial charge in [-0.15, -0.1) is 0 Å². The molecule has 176 valence electrons. The number of halogens is 4. The van der Waals surface area contributed by atoms with Gasteiger partial charge in [-0.05, 0) is 30.5 Å². The van der Waals surface area contributed by atoms with E-state index in [9.17, 15) is 36.0 Å². The van der Waals surface area contributed by atoms with Gasteiger partial charge in [-0.2, -0.15) is 22.7 Å². The summed E-state index contributed by atoms with van der Waals surface area (Å²) in [6.07, 6.45) is -4.27. The van der Waals surface area contributed by atoms with Crippen molar-refractivity contribution in [3.8, 4) is 6.07 Å². The van der Waals surface area contributed by atoms with Crippen molar-refractivity contribution in [3.05, 3.63) is 35.6 Å². The monoisotopic (exact) mass is 478 g/mol. The molecule has 2 atom stereocenters. The van der Waals surface area contributed by atoms with Crippen molar-refractivity contribution in [2.45, 2.75) is 36.6 Å². The first-order chi connectivity index (χ1) is 15.0. The lowest BCUT2D eigenvalue weighted by molar-refractivity contribution is -0.160. The fourth-order valence-corrected chi connectivity index (χ4v) is 4.87. The molecule has 1 aromatic rings. The summed E-state index contributed by atoms with van der Waals surface area (Å²) in [7, 11) is -4.13. The smallest absolute Gasteiger partial charge is 0.379 e. The lowest BCUT2D eigenvalue weighted by Crippen LogP contribution is -2.56. The highest BCUT2D eigenvalue weighted by molar-refractivity contribution is 7.89. The summed E-state index contributed by atoms with van der Waals surface area (Å²) in [6.45, 7) is 0.280. The fourth-order valence-electron chi connectivity index (χ4n) is 3.29. The molecule has 3 rings (SSSR count). The van der Waals surface area contributed by atoms with Gasteiger partial charge in [-0.3, -0.25) is 10.1 Å².